The number of sulfonamides is 1. The van der Waals surface area contributed by atoms with Gasteiger partial charge >= 0.3 is 0 Å². The lowest BCUT2D eigenvalue weighted by Gasteiger charge is -2.23. The van der Waals surface area contributed by atoms with E-state index in [-0.39, 0.29) is 17.9 Å². The van der Waals surface area contributed by atoms with Crippen molar-refractivity contribution in [1.82, 2.24) is 5.43 Å². The third-order valence-electron chi connectivity index (χ3n) is 4.80. The highest BCUT2D eigenvalue weighted by Crippen LogP contribution is 2.22. The molecule has 0 radical (unpaired) electrons. The monoisotopic (exact) mass is 415 g/mol. The Morgan fingerprint density at radius 2 is 1.66 bits per heavy atom. The minimum Gasteiger partial charge on any atom is -0.267 e. The van der Waals surface area contributed by atoms with Gasteiger partial charge in [0.1, 0.15) is 0 Å². The lowest BCUT2D eigenvalue weighted by molar-refractivity contribution is 0.0954. The van der Waals surface area contributed by atoms with Gasteiger partial charge in [0.05, 0.1) is 18.5 Å². The third-order valence-corrected chi connectivity index (χ3v) is 5.94. The van der Waals surface area contributed by atoms with Crippen LogP contribution in [0.2, 0.25) is 0 Å². The number of amides is 1. The fourth-order valence-corrected chi connectivity index (χ4v) is 3.37. The highest BCUT2D eigenvalue weighted by molar-refractivity contribution is 7.92. The number of carbonyl (C=O) groups is 1. The highest BCUT2D eigenvalue weighted by atomic mass is 32.2. The molecule has 0 aromatic heterocycles. The topological polar surface area (TPSA) is 78.8 Å². The molecule has 0 aliphatic heterocycles. The van der Waals surface area contributed by atoms with E-state index in [1.54, 1.807) is 24.3 Å². The summed E-state index contributed by atoms with van der Waals surface area (Å²) in [5, 5.41) is 4.14. The number of anilines is 1. The Hall–Kier alpha value is -2.67. The summed E-state index contributed by atoms with van der Waals surface area (Å²) in [5.41, 5.74) is 6.07. The maximum atomic E-state index is 12.4. The predicted octanol–water partition coefficient (Wildman–Crippen LogP) is 4.11. The van der Waals surface area contributed by atoms with Crippen LogP contribution in [0.1, 0.15) is 49.2 Å². The SMILES string of the molecule is C/C(=N/NC(=O)c1ccc(N(Cc2ccccc2C)S(C)(=O)=O)cc1)C(C)(C)C. The average molecular weight is 416 g/mol. The number of nitrogens with zero attached hydrogens (tertiary/aromatic N) is 2. The van der Waals surface area contributed by atoms with Crippen LogP contribution in [-0.2, 0) is 16.6 Å². The lowest BCUT2D eigenvalue weighted by atomic mass is 9.91. The summed E-state index contributed by atoms with van der Waals surface area (Å²) in [4.78, 5) is 12.3. The molecule has 0 aliphatic rings. The Morgan fingerprint density at radius 3 is 2.17 bits per heavy atom. The number of carbonyl (C=O) groups excluding carboxylic acids is 1. The molecule has 0 aliphatic carbocycles. The zero-order valence-electron chi connectivity index (χ0n) is 17.9. The van der Waals surface area contributed by atoms with E-state index in [9.17, 15) is 13.2 Å². The van der Waals surface area contributed by atoms with E-state index in [0.717, 1.165) is 16.8 Å². The molecule has 0 saturated carbocycles. The molecule has 0 unspecified atom stereocenters. The lowest BCUT2D eigenvalue weighted by Crippen LogP contribution is -2.29. The molecular weight excluding hydrogens is 386 g/mol. The molecule has 156 valence electrons. The summed E-state index contributed by atoms with van der Waals surface area (Å²) < 4.78 is 26.1. The van der Waals surface area contributed by atoms with Gasteiger partial charge in [-0.3, -0.25) is 9.10 Å². The van der Waals surface area contributed by atoms with Crippen molar-refractivity contribution >= 4 is 27.3 Å². The second-order valence-corrected chi connectivity index (χ2v) is 10.0. The van der Waals surface area contributed by atoms with Gasteiger partial charge in [-0.05, 0) is 49.2 Å². The molecule has 0 saturated heterocycles. The number of rotatable bonds is 6. The molecule has 0 spiro atoms. The minimum absolute atomic E-state index is 0.136. The van der Waals surface area contributed by atoms with E-state index in [1.165, 1.54) is 10.6 Å². The normalized spacial score (nSPS) is 12.6. The first kappa shape index (κ1) is 22.6. The number of benzene rings is 2. The fraction of sp³-hybridized carbons (Fsp3) is 0.364. The van der Waals surface area contributed by atoms with E-state index in [1.807, 2.05) is 58.9 Å². The summed E-state index contributed by atoms with van der Waals surface area (Å²) in [5.74, 6) is -0.343. The summed E-state index contributed by atoms with van der Waals surface area (Å²) in [7, 11) is -3.49. The molecule has 2 rings (SSSR count). The Labute approximate surface area is 173 Å². The quantitative estimate of drug-likeness (QED) is 0.569. The first-order valence-corrected chi connectivity index (χ1v) is 11.2. The minimum atomic E-state index is -3.49. The van der Waals surface area contributed by atoms with Gasteiger partial charge in [-0.2, -0.15) is 5.10 Å². The fourth-order valence-electron chi connectivity index (χ4n) is 2.49. The Bertz CT molecular complexity index is 1000. The molecule has 0 bridgehead atoms. The Kier molecular flexibility index (Phi) is 6.85. The summed E-state index contributed by atoms with van der Waals surface area (Å²) in [6.45, 7) is 10.1. The van der Waals surface area contributed by atoms with Crippen molar-refractivity contribution < 1.29 is 13.2 Å². The molecule has 6 nitrogen and oxygen atoms in total. The van der Waals surface area contributed by atoms with Crippen molar-refractivity contribution in [3.8, 4) is 0 Å². The van der Waals surface area contributed by atoms with E-state index in [4.69, 9.17) is 0 Å². The van der Waals surface area contributed by atoms with Crippen molar-refractivity contribution in [2.75, 3.05) is 10.6 Å². The van der Waals surface area contributed by atoms with Crippen LogP contribution >= 0.6 is 0 Å². The van der Waals surface area contributed by atoms with Crippen molar-refractivity contribution in [3.63, 3.8) is 0 Å². The first-order chi connectivity index (χ1) is 13.4. The zero-order valence-corrected chi connectivity index (χ0v) is 18.7. The maximum absolute atomic E-state index is 12.4. The number of hydrazone groups is 1. The van der Waals surface area contributed by atoms with Crippen LogP contribution in [0.4, 0.5) is 5.69 Å². The van der Waals surface area contributed by atoms with Crippen molar-refractivity contribution in [1.29, 1.82) is 0 Å². The third kappa shape index (κ3) is 6.15. The van der Waals surface area contributed by atoms with E-state index in [0.29, 0.717) is 11.3 Å². The van der Waals surface area contributed by atoms with Gasteiger partial charge in [-0.25, -0.2) is 13.8 Å². The van der Waals surface area contributed by atoms with Crippen molar-refractivity contribution in [3.05, 3.63) is 65.2 Å². The second-order valence-electron chi connectivity index (χ2n) is 8.13. The van der Waals surface area contributed by atoms with E-state index >= 15 is 0 Å². The molecule has 1 N–H and O–H groups in total. The van der Waals surface area contributed by atoms with Crippen LogP contribution in [0.15, 0.2) is 53.6 Å². The second kappa shape index (κ2) is 8.78. The summed E-state index contributed by atoms with van der Waals surface area (Å²) >= 11 is 0. The molecule has 29 heavy (non-hydrogen) atoms. The first-order valence-electron chi connectivity index (χ1n) is 9.37. The number of hydrogen-bond acceptors (Lipinski definition) is 4. The number of aryl methyl sites for hydroxylation is 1. The molecule has 0 heterocycles. The molecule has 7 heteroatoms. The molecule has 2 aromatic rings. The van der Waals surface area contributed by atoms with Gasteiger partial charge < -0.3 is 0 Å². The highest BCUT2D eigenvalue weighted by Gasteiger charge is 2.19. The van der Waals surface area contributed by atoms with Gasteiger partial charge in [-0.15, -0.1) is 0 Å². The van der Waals surface area contributed by atoms with Crippen molar-refractivity contribution in [2.45, 2.75) is 41.2 Å². The van der Waals surface area contributed by atoms with Crippen LogP contribution in [0.3, 0.4) is 0 Å². The molecule has 2 aromatic carbocycles. The number of hydrogen-bond donors (Lipinski definition) is 1. The Balaban J connectivity index is 2.23. The number of nitrogens with one attached hydrogen (secondary N) is 1. The van der Waals surface area contributed by atoms with E-state index in [2.05, 4.69) is 10.5 Å². The van der Waals surface area contributed by atoms with Crippen LogP contribution < -0.4 is 9.73 Å². The molecule has 0 atom stereocenters. The van der Waals surface area contributed by atoms with Gasteiger partial charge in [0, 0.05) is 16.7 Å². The standard InChI is InChI=1S/C22H29N3O3S/c1-16-9-7-8-10-19(16)15-25(29(6,27)28)20-13-11-18(12-14-20)21(26)24-23-17(2)22(3,4)5/h7-14H,15H2,1-6H3,(H,24,26)/b23-17-. The summed E-state index contributed by atoms with van der Waals surface area (Å²) in [6.07, 6.45) is 1.18. The largest absolute Gasteiger partial charge is 0.271 e. The van der Waals surface area contributed by atoms with E-state index < -0.39 is 10.0 Å². The van der Waals surface area contributed by atoms with Gasteiger partial charge in [0.15, 0.2) is 0 Å². The van der Waals surface area contributed by atoms with Crippen LogP contribution in [0, 0.1) is 12.3 Å². The zero-order chi connectivity index (χ0) is 21.8. The van der Waals surface area contributed by atoms with Crippen LogP contribution in [0.5, 0.6) is 0 Å². The Morgan fingerprint density at radius 1 is 1.07 bits per heavy atom. The smallest absolute Gasteiger partial charge is 0.267 e. The van der Waals surface area contributed by atoms with Crippen LogP contribution in [-0.4, -0.2) is 26.3 Å². The molecule has 0 fully saturated rings. The molecular formula is C22H29N3O3S. The van der Waals surface area contributed by atoms with Gasteiger partial charge in [-0.1, -0.05) is 45.0 Å². The predicted molar refractivity (Wildman–Crippen MR) is 119 cm³/mol. The van der Waals surface area contributed by atoms with Gasteiger partial charge in [0.25, 0.3) is 5.91 Å². The van der Waals surface area contributed by atoms with Crippen molar-refractivity contribution in [2.24, 2.45) is 10.5 Å². The maximum Gasteiger partial charge on any atom is 0.271 e. The van der Waals surface area contributed by atoms with Crippen LogP contribution in [0.25, 0.3) is 0 Å². The molecule has 1 amide bonds. The average Bonchev–Trinajstić information content (AvgIpc) is 2.63. The summed E-state index contributed by atoms with van der Waals surface area (Å²) in [6, 6.07) is 14.1. The van der Waals surface area contributed by atoms with Gasteiger partial charge in [0.2, 0.25) is 10.0 Å².